The SMILES string of the molecule is CCCNc1ncnc(NC(C)(C)COC)c1Br. The van der Waals surface area contributed by atoms with Gasteiger partial charge in [0.1, 0.15) is 22.4 Å². The number of rotatable bonds is 7. The van der Waals surface area contributed by atoms with Crippen LogP contribution in [0.2, 0.25) is 0 Å². The van der Waals surface area contributed by atoms with Crippen LogP contribution in [-0.4, -0.2) is 35.8 Å². The minimum absolute atomic E-state index is 0.187. The van der Waals surface area contributed by atoms with Crippen LogP contribution in [-0.2, 0) is 4.74 Å². The zero-order valence-corrected chi connectivity index (χ0v) is 13.0. The molecule has 0 aliphatic heterocycles. The van der Waals surface area contributed by atoms with Gasteiger partial charge in [-0.1, -0.05) is 6.92 Å². The van der Waals surface area contributed by atoms with Crippen molar-refractivity contribution in [3.05, 3.63) is 10.8 Å². The van der Waals surface area contributed by atoms with E-state index in [1.165, 1.54) is 0 Å². The first kappa shape index (κ1) is 15.2. The number of methoxy groups -OCH3 is 1. The summed E-state index contributed by atoms with van der Waals surface area (Å²) in [6.45, 7) is 7.72. The highest BCUT2D eigenvalue weighted by atomic mass is 79.9. The molecule has 0 amide bonds. The minimum atomic E-state index is -0.187. The van der Waals surface area contributed by atoms with Crippen molar-refractivity contribution in [2.45, 2.75) is 32.7 Å². The maximum absolute atomic E-state index is 5.18. The molecule has 1 heterocycles. The van der Waals surface area contributed by atoms with E-state index in [-0.39, 0.29) is 5.54 Å². The molecule has 0 aromatic carbocycles. The molecular weight excluding hydrogens is 296 g/mol. The third-order valence-corrected chi connectivity index (χ3v) is 3.05. The normalized spacial score (nSPS) is 11.4. The fourth-order valence-corrected chi connectivity index (χ4v) is 1.99. The van der Waals surface area contributed by atoms with Gasteiger partial charge in [0.25, 0.3) is 0 Å². The molecule has 2 N–H and O–H groups in total. The van der Waals surface area contributed by atoms with E-state index in [0.717, 1.165) is 29.1 Å². The van der Waals surface area contributed by atoms with Gasteiger partial charge in [-0.25, -0.2) is 9.97 Å². The molecule has 6 heteroatoms. The molecule has 0 saturated carbocycles. The molecule has 1 aromatic rings. The lowest BCUT2D eigenvalue weighted by Crippen LogP contribution is -2.36. The van der Waals surface area contributed by atoms with Crippen molar-refractivity contribution in [1.82, 2.24) is 9.97 Å². The maximum Gasteiger partial charge on any atom is 0.146 e. The Bertz CT molecular complexity index is 384. The van der Waals surface area contributed by atoms with Crippen LogP contribution in [0.3, 0.4) is 0 Å². The fraction of sp³-hybridized carbons (Fsp3) is 0.667. The Morgan fingerprint density at radius 3 is 2.61 bits per heavy atom. The number of ether oxygens (including phenoxy) is 1. The lowest BCUT2D eigenvalue weighted by molar-refractivity contribution is 0.158. The Balaban J connectivity index is 2.83. The maximum atomic E-state index is 5.18. The van der Waals surface area contributed by atoms with Crippen molar-refractivity contribution < 1.29 is 4.74 Å². The van der Waals surface area contributed by atoms with Crippen LogP contribution in [0.25, 0.3) is 0 Å². The summed E-state index contributed by atoms with van der Waals surface area (Å²) < 4.78 is 6.03. The van der Waals surface area contributed by atoms with Crippen molar-refractivity contribution in [2.24, 2.45) is 0 Å². The molecule has 0 atom stereocenters. The Kier molecular flexibility index (Phi) is 5.81. The van der Waals surface area contributed by atoms with Crippen LogP contribution in [0, 0.1) is 0 Å². The van der Waals surface area contributed by atoms with Crippen molar-refractivity contribution in [3.63, 3.8) is 0 Å². The summed E-state index contributed by atoms with van der Waals surface area (Å²) in [6.07, 6.45) is 2.60. The quantitative estimate of drug-likeness (QED) is 0.810. The smallest absolute Gasteiger partial charge is 0.146 e. The first-order valence-corrected chi connectivity index (χ1v) is 6.81. The molecule has 1 aromatic heterocycles. The third-order valence-electron chi connectivity index (χ3n) is 2.29. The average Bonchev–Trinajstić information content (AvgIpc) is 2.30. The lowest BCUT2D eigenvalue weighted by Gasteiger charge is -2.26. The molecular formula is C12H21BrN4O. The predicted molar refractivity (Wildman–Crippen MR) is 78.1 cm³/mol. The van der Waals surface area contributed by atoms with Gasteiger partial charge in [-0.3, -0.25) is 0 Å². The van der Waals surface area contributed by atoms with Gasteiger partial charge >= 0.3 is 0 Å². The monoisotopic (exact) mass is 316 g/mol. The van der Waals surface area contributed by atoms with Gasteiger partial charge in [0.2, 0.25) is 0 Å². The van der Waals surface area contributed by atoms with Gasteiger partial charge in [-0.2, -0.15) is 0 Å². The van der Waals surface area contributed by atoms with Crippen LogP contribution in [0.4, 0.5) is 11.6 Å². The summed E-state index contributed by atoms with van der Waals surface area (Å²) in [4.78, 5) is 8.46. The molecule has 0 spiro atoms. The molecule has 5 nitrogen and oxygen atoms in total. The molecule has 0 aliphatic rings. The molecule has 102 valence electrons. The first-order valence-electron chi connectivity index (χ1n) is 6.01. The van der Waals surface area contributed by atoms with Crippen molar-refractivity contribution in [3.8, 4) is 0 Å². The highest BCUT2D eigenvalue weighted by molar-refractivity contribution is 9.10. The fourth-order valence-electron chi connectivity index (χ4n) is 1.54. The van der Waals surface area contributed by atoms with Gasteiger partial charge in [0, 0.05) is 13.7 Å². The molecule has 0 fully saturated rings. The van der Waals surface area contributed by atoms with Gasteiger partial charge in [-0.05, 0) is 36.2 Å². The summed E-state index contributed by atoms with van der Waals surface area (Å²) in [7, 11) is 1.69. The largest absolute Gasteiger partial charge is 0.382 e. The van der Waals surface area contributed by atoms with Gasteiger partial charge < -0.3 is 15.4 Å². The van der Waals surface area contributed by atoms with Crippen molar-refractivity contribution in [1.29, 1.82) is 0 Å². The summed E-state index contributed by atoms with van der Waals surface area (Å²) in [5.41, 5.74) is -0.187. The summed E-state index contributed by atoms with van der Waals surface area (Å²) in [5.74, 6) is 1.58. The van der Waals surface area contributed by atoms with Crippen LogP contribution < -0.4 is 10.6 Å². The zero-order valence-electron chi connectivity index (χ0n) is 11.4. The average molecular weight is 317 g/mol. The molecule has 0 unspecified atom stereocenters. The van der Waals surface area contributed by atoms with E-state index in [9.17, 15) is 0 Å². The van der Waals surface area contributed by atoms with Crippen LogP contribution in [0.15, 0.2) is 10.8 Å². The highest BCUT2D eigenvalue weighted by Crippen LogP contribution is 2.28. The van der Waals surface area contributed by atoms with E-state index in [1.54, 1.807) is 13.4 Å². The number of nitrogens with one attached hydrogen (secondary N) is 2. The third kappa shape index (κ3) is 4.42. The van der Waals surface area contributed by atoms with E-state index >= 15 is 0 Å². The van der Waals surface area contributed by atoms with Gasteiger partial charge in [0.05, 0.1) is 12.1 Å². The van der Waals surface area contributed by atoms with E-state index in [2.05, 4.69) is 57.3 Å². The van der Waals surface area contributed by atoms with E-state index in [1.807, 2.05) is 0 Å². The molecule has 0 aliphatic carbocycles. The number of aromatic nitrogens is 2. The molecule has 0 saturated heterocycles. The van der Waals surface area contributed by atoms with Gasteiger partial charge in [-0.15, -0.1) is 0 Å². The first-order chi connectivity index (χ1) is 8.50. The van der Waals surface area contributed by atoms with Crippen molar-refractivity contribution >= 4 is 27.6 Å². The van der Waals surface area contributed by atoms with E-state index in [4.69, 9.17) is 4.74 Å². The van der Waals surface area contributed by atoms with E-state index < -0.39 is 0 Å². The highest BCUT2D eigenvalue weighted by Gasteiger charge is 2.20. The summed E-state index contributed by atoms with van der Waals surface area (Å²) >= 11 is 3.52. The lowest BCUT2D eigenvalue weighted by atomic mass is 10.1. The van der Waals surface area contributed by atoms with Crippen LogP contribution in [0.1, 0.15) is 27.2 Å². The predicted octanol–water partition coefficient (Wildman–Crippen LogP) is 2.90. The molecule has 0 bridgehead atoms. The Morgan fingerprint density at radius 2 is 2.00 bits per heavy atom. The topological polar surface area (TPSA) is 59.1 Å². The Morgan fingerprint density at radius 1 is 1.33 bits per heavy atom. The van der Waals surface area contributed by atoms with Crippen LogP contribution in [0.5, 0.6) is 0 Å². The number of nitrogens with zero attached hydrogens (tertiary/aromatic N) is 2. The Labute approximate surface area is 117 Å². The number of hydrogen-bond donors (Lipinski definition) is 2. The molecule has 18 heavy (non-hydrogen) atoms. The van der Waals surface area contributed by atoms with E-state index in [0.29, 0.717) is 6.61 Å². The zero-order chi connectivity index (χ0) is 13.6. The van der Waals surface area contributed by atoms with Gasteiger partial charge in [0.15, 0.2) is 0 Å². The van der Waals surface area contributed by atoms with Crippen LogP contribution >= 0.6 is 15.9 Å². The standard InChI is InChI=1S/C12H21BrN4O/c1-5-6-14-10-9(13)11(16-8-15-10)17-12(2,3)7-18-4/h8H,5-7H2,1-4H3,(H2,14,15,16,17). The summed E-state index contributed by atoms with van der Waals surface area (Å²) in [6, 6.07) is 0. The molecule has 0 radical (unpaired) electrons. The second-order valence-corrected chi connectivity index (χ2v) is 5.55. The number of hydrogen-bond acceptors (Lipinski definition) is 5. The Hall–Kier alpha value is -0.880. The second-order valence-electron chi connectivity index (χ2n) is 4.75. The second kappa shape index (κ2) is 6.89. The molecule has 1 rings (SSSR count). The van der Waals surface area contributed by atoms with Crippen molar-refractivity contribution in [2.75, 3.05) is 30.9 Å². The number of halogens is 1. The number of anilines is 2. The minimum Gasteiger partial charge on any atom is -0.382 e. The summed E-state index contributed by atoms with van der Waals surface area (Å²) in [5, 5.41) is 6.59.